The van der Waals surface area contributed by atoms with Gasteiger partial charge in [-0.1, -0.05) is 11.6 Å². The van der Waals surface area contributed by atoms with E-state index in [2.05, 4.69) is 0 Å². The lowest BCUT2D eigenvalue weighted by atomic mass is 10.1. The zero-order chi connectivity index (χ0) is 15.8. The molecule has 4 nitrogen and oxygen atoms in total. The van der Waals surface area contributed by atoms with Crippen LogP contribution < -0.4 is 0 Å². The van der Waals surface area contributed by atoms with E-state index in [4.69, 9.17) is 27.9 Å². The Bertz CT molecular complexity index is 633. The maximum absolute atomic E-state index is 13.0. The number of alkyl halides is 1. The van der Waals surface area contributed by atoms with Gasteiger partial charge in [0.2, 0.25) is 10.0 Å². The van der Waals surface area contributed by atoms with Crippen LogP contribution in [-0.4, -0.2) is 38.0 Å². The van der Waals surface area contributed by atoms with Crippen molar-refractivity contribution in [1.29, 1.82) is 0 Å². The van der Waals surface area contributed by atoms with Gasteiger partial charge in [-0.25, -0.2) is 8.42 Å². The summed E-state index contributed by atoms with van der Waals surface area (Å²) in [5.74, 6) is 0.226. The minimum atomic E-state index is -3.62. The van der Waals surface area contributed by atoms with E-state index >= 15 is 0 Å². The van der Waals surface area contributed by atoms with E-state index in [1.807, 2.05) is 13.8 Å². The summed E-state index contributed by atoms with van der Waals surface area (Å²) in [5, 5.41) is 0.379. The van der Waals surface area contributed by atoms with Crippen molar-refractivity contribution in [2.75, 3.05) is 13.2 Å². The van der Waals surface area contributed by atoms with Gasteiger partial charge in [-0.15, -0.1) is 11.6 Å². The van der Waals surface area contributed by atoms with Crippen molar-refractivity contribution in [3.05, 3.63) is 28.3 Å². The van der Waals surface area contributed by atoms with Gasteiger partial charge in [0, 0.05) is 23.5 Å². The minimum Gasteiger partial charge on any atom is -0.375 e. The lowest BCUT2D eigenvalue weighted by molar-refractivity contribution is -0.0170. The quantitative estimate of drug-likeness (QED) is 0.785. The fraction of sp³-hybridized carbons (Fsp3) is 0.571. The standard InChI is InChI=1S/C14H19Cl2NO3S/c1-9-8-20-10(2)7-17(9)21(18,19)14-5-13(16)4-12(6-15)11(14)3/h4-5,9-10H,6-8H2,1-3H3. The van der Waals surface area contributed by atoms with Gasteiger partial charge in [0.25, 0.3) is 0 Å². The summed E-state index contributed by atoms with van der Waals surface area (Å²) < 4.78 is 32.9. The number of hydrogen-bond donors (Lipinski definition) is 0. The van der Waals surface area contributed by atoms with Gasteiger partial charge in [-0.3, -0.25) is 0 Å². The Labute approximate surface area is 136 Å². The lowest BCUT2D eigenvalue weighted by Crippen LogP contribution is -2.50. The number of hydrogen-bond acceptors (Lipinski definition) is 3. The molecule has 1 heterocycles. The summed E-state index contributed by atoms with van der Waals surface area (Å²) in [6.45, 7) is 6.19. The minimum absolute atomic E-state index is 0.122. The van der Waals surface area contributed by atoms with Crippen LogP contribution in [0, 0.1) is 6.92 Å². The third kappa shape index (κ3) is 3.37. The number of nitrogens with zero attached hydrogens (tertiary/aromatic N) is 1. The smallest absolute Gasteiger partial charge is 0.243 e. The number of halogens is 2. The van der Waals surface area contributed by atoms with Crippen molar-refractivity contribution >= 4 is 33.2 Å². The van der Waals surface area contributed by atoms with Crippen LogP contribution in [-0.2, 0) is 20.6 Å². The molecule has 7 heteroatoms. The molecular formula is C14H19Cl2NO3S. The lowest BCUT2D eigenvalue weighted by Gasteiger charge is -2.36. The van der Waals surface area contributed by atoms with Crippen LogP contribution in [0.15, 0.2) is 17.0 Å². The molecule has 2 unspecified atom stereocenters. The van der Waals surface area contributed by atoms with Crippen LogP contribution >= 0.6 is 23.2 Å². The van der Waals surface area contributed by atoms with Crippen molar-refractivity contribution in [3.8, 4) is 0 Å². The molecule has 2 atom stereocenters. The van der Waals surface area contributed by atoms with Crippen molar-refractivity contribution in [1.82, 2.24) is 4.31 Å². The van der Waals surface area contributed by atoms with Crippen molar-refractivity contribution in [2.45, 2.75) is 43.7 Å². The molecule has 2 rings (SSSR count). The van der Waals surface area contributed by atoms with Crippen molar-refractivity contribution in [2.24, 2.45) is 0 Å². The second-order valence-electron chi connectivity index (χ2n) is 5.39. The Hall–Kier alpha value is -0.330. The molecule has 1 aliphatic heterocycles. The summed E-state index contributed by atoms with van der Waals surface area (Å²) in [6.07, 6.45) is -0.122. The predicted molar refractivity (Wildman–Crippen MR) is 84.5 cm³/mol. The molecule has 0 radical (unpaired) electrons. The molecule has 0 bridgehead atoms. The molecule has 0 amide bonds. The van der Waals surface area contributed by atoms with Gasteiger partial charge in [0.05, 0.1) is 17.6 Å². The van der Waals surface area contributed by atoms with Gasteiger partial charge in [-0.05, 0) is 44.0 Å². The van der Waals surface area contributed by atoms with E-state index in [0.29, 0.717) is 23.7 Å². The van der Waals surface area contributed by atoms with Crippen molar-refractivity contribution in [3.63, 3.8) is 0 Å². The Morgan fingerprint density at radius 2 is 2.05 bits per heavy atom. The molecule has 0 spiro atoms. The zero-order valence-electron chi connectivity index (χ0n) is 12.3. The second-order valence-corrected chi connectivity index (χ2v) is 7.95. The average molecular weight is 352 g/mol. The molecular weight excluding hydrogens is 333 g/mol. The highest BCUT2D eigenvalue weighted by Gasteiger charge is 2.35. The number of rotatable bonds is 3. The van der Waals surface area contributed by atoms with Crippen LogP contribution in [0.1, 0.15) is 25.0 Å². The monoisotopic (exact) mass is 351 g/mol. The van der Waals surface area contributed by atoms with Gasteiger partial charge >= 0.3 is 0 Å². The van der Waals surface area contributed by atoms with Crippen LogP contribution in [0.5, 0.6) is 0 Å². The average Bonchev–Trinajstić information content (AvgIpc) is 2.43. The Kier molecular flexibility index (Phi) is 5.21. The first-order valence-corrected chi connectivity index (χ1v) is 9.11. The molecule has 0 aromatic heterocycles. The van der Waals surface area contributed by atoms with E-state index in [1.54, 1.807) is 13.0 Å². The van der Waals surface area contributed by atoms with E-state index in [9.17, 15) is 8.42 Å². The highest BCUT2D eigenvalue weighted by atomic mass is 35.5. The molecule has 1 saturated heterocycles. The van der Waals surface area contributed by atoms with Gasteiger partial charge in [0.15, 0.2) is 0 Å². The van der Waals surface area contributed by atoms with Crippen LogP contribution in [0.25, 0.3) is 0 Å². The number of ether oxygens (including phenoxy) is 1. The van der Waals surface area contributed by atoms with E-state index in [1.165, 1.54) is 10.4 Å². The molecule has 0 N–H and O–H groups in total. The third-order valence-corrected chi connectivity index (χ3v) is 6.33. The maximum Gasteiger partial charge on any atom is 0.243 e. The largest absolute Gasteiger partial charge is 0.375 e. The first-order chi connectivity index (χ1) is 9.77. The number of morpholine rings is 1. The van der Waals surface area contributed by atoms with Gasteiger partial charge < -0.3 is 4.74 Å². The Morgan fingerprint density at radius 3 is 2.67 bits per heavy atom. The second kappa shape index (κ2) is 6.42. The first kappa shape index (κ1) is 17.0. The van der Waals surface area contributed by atoms with Gasteiger partial charge in [0.1, 0.15) is 0 Å². The molecule has 1 aromatic rings. The number of sulfonamides is 1. The third-order valence-electron chi connectivity index (χ3n) is 3.71. The van der Waals surface area contributed by atoms with Crippen LogP contribution in [0.3, 0.4) is 0 Å². The van der Waals surface area contributed by atoms with Crippen molar-refractivity contribution < 1.29 is 13.2 Å². The summed E-state index contributed by atoms with van der Waals surface area (Å²) in [7, 11) is -3.62. The molecule has 1 fully saturated rings. The number of benzene rings is 1. The fourth-order valence-electron chi connectivity index (χ4n) is 2.45. The molecule has 0 aliphatic carbocycles. The topological polar surface area (TPSA) is 46.6 Å². The Morgan fingerprint density at radius 1 is 1.38 bits per heavy atom. The van der Waals surface area contributed by atoms with Crippen LogP contribution in [0.4, 0.5) is 0 Å². The summed E-state index contributed by atoms with van der Waals surface area (Å²) >= 11 is 11.9. The summed E-state index contributed by atoms with van der Waals surface area (Å²) in [5.41, 5.74) is 1.39. The summed E-state index contributed by atoms with van der Waals surface area (Å²) in [6, 6.07) is 2.99. The highest BCUT2D eigenvalue weighted by molar-refractivity contribution is 7.89. The Balaban J connectivity index is 2.51. The zero-order valence-corrected chi connectivity index (χ0v) is 14.6. The SMILES string of the molecule is Cc1c(CCl)cc(Cl)cc1S(=O)(=O)N1CC(C)OCC1C. The van der Waals surface area contributed by atoms with E-state index < -0.39 is 10.0 Å². The van der Waals surface area contributed by atoms with E-state index in [0.717, 1.165) is 5.56 Å². The molecule has 0 saturated carbocycles. The molecule has 1 aliphatic rings. The first-order valence-electron chi connectivity index (χ1n) is 6.75. The molecule has 118 valence electrons. The highest BCUT2D eigenvalue weighted by Crippen LogP contribution is 2.30. The molecule has 21 heavy (non-hydrogen) atoms. The van der Waals surface area contributed by atoms with E-state index in [-0.39, 0.29) is 22.9 Å². The van der Waals surface area contributed by atoms with Gasteiger partial charge in [-0.2, -0.15) is 4.31 Å². The normalized spacial score (nSPS) is 24.2. The predicted octanol–water partition coefficient (Wildman–Crippen LogP) is 3.19. The fourth-order valence-corrected chi connectivity index (χ4v) is 5.02. The van der Waals surface area contributed by atoms with Crippen LogP contribution in [0.2, 0.25) is 5.02 Å². The maximum atomic E-state index is 13.0. The summed E-state index contributed by atoms with van der Waals surface area (Å²) in [4.78, 5) is 0.228. The molecule has 1 aromatic carbocycles.